The average molecular weight is 353 g/mol. The van der Waals surface area contributed by atoms with Gasteiger partial charge in [0.2, 0.25) is 5.91 Å². The van der Waals surface area contributed by atoms with Gasteiger partial charge in [-0.1, -0.05) is 18.6 Å². The van der Waals surface area contributed by atoms with E-state index >= 15 is 0 Å². The number of halogens is 1. The van der Waals surface area contributed by atoms with Crippen molar-refractivity contribution in [2.24, 2.45) is 5.92 Å². The number of carbonyl (C=O) groups is 1. The maximum Gasteiger partial charge on any atom is 0.223 e. The number of carbonyl (C=O) groups excluding carboxylic acids is 1. The van der Waals surface area contributed by atoms with Crippen molar-refractivity contribution in [1.82, 2.24) is 5.32 Å². The van der Waals surface area contributed by atoms with Crippen LogP contribution in [0.1, 0.15) is 39.0 Å². The number of sulfone groups is 1. The molecule has 0 heterocycles. The highest BCUT2D eigenvalue weighted by molar-refractivity contribution is 7.91. The molecule has 4 nitrogen and oxygen atoms in total. The lowest BCUT2D eigenvalue weighted by atomic mass is 9.97. The van der Waals surface area contributed by atoms with E-state index in [1.807, 2.05) is 0 Å². The number of rotatable bonds is 7. The second kappa shape index (κ2) is 8.42. The van der Waals surface area contributed by atoms with E-state index in [2.05, 4.69) is 11.4 Å². The topological polar surface area (TPSA) is 63.2 Å². The summed E-state index contributed by atoms with van der Waals surface area (Å²) < 4.78 is 37.4. The lowest BCUT2D eigenvalue weighted by Gasteiger charge is -2.15. The molecule has 0 spiro atoms. The van der Waals surface area contributed by atoms with Crippen molar-refractivity contribution in [3.8, 4) is 0 Å². The zero-order valence-electron chi connectivity index (χ0n) is 13.9. The van der Waals surface area contributed by atoms with Crippen molar-refractivity contribution >= 4 is 15.7 Å². The van der Waals surface area contributed by atoms with Crippen LogP contribution < -0.4 is 5.32 Å². The zero-order valence-corrected chi connectivity index (χ0v) is 14.7. The molecule has 1 aromatic rings. The average Bonchev–Trinajstić information content (AvgIpc) is 2.55. The molecule has 0 aromatic heterocycles. The number of hydrogen-bond acceptors (Lipinski definition) is 3. The maximum atomic E-state index is 12.9. The summed E-state index contributed by atoms with van der Waals surface area (Å²) in [5.74, 6) is -1.69. The fraction of sp³-hybridized carbons (Fsp3) is 0.500. The van der Waals surface area contributed by atoms with E-state index in [-0.39, 0.29) is 16.6 Å². The highest BCUT2D eigenvalue weighted by Gasteiger charge is 2.23. The Hall–Kier alpha value is -1.69. The van der Waals surface area contributed by atoms with Crippen LogP contribution in [0.15, 0.2) is 40.8 Å². The largest absolute Gasteiger partial charge is 0.356 e. The van der Waals surface area contributed by atoms with E-state index in [0.29, 0.717) is 6.54 Å². The van der Waals surface area contributed by atoms with E-state index in [0.717, 1.165) is 31.4 Å². The molecule has 1 aromatic carbocycles. The van der Waals surface area contributed by atoms with Gasteiger partial charge in [0.25, 0.3) is 0 Å². The number of amides is 1. The number of benzene rings is 1. The molecule has 0 radical (unpaired) electrons. The molecule has 1 aliphatic carbocycles. The molecule has 0 fully saturated rings. The van der Waals surface area contributed by atoms with Crippen molar-refractivity contribution in [1.29, 1.82) is 0 Å². The molecule has 0 bridgehead atoms. The number of allylic oxidation sites excluding steroid dienone is 1. The molecule has 6 heteroatoms. The van der Waals surface area contributed by atoms with Gasteiger partial charge in [-0.15, -0.1) is 0 Å². The highest BCUT2D eigenvalue weighted by atomic mass is 32.2. The quantitative estimate of drug-likeness (QED) is 0.605. The van der Waals surface area contributed by atoms with Gasteiger partial charge in [0.1, 0.15) is 5.82 Å². The van der Waals surface area contributed by atoms with Crippen LogP contribution in [0, 0.1) is 11.7 Å². The van der Waals surface area contributed by atoms with E-state index in [1.165, 1.54) is 30.5 Å². The summed E-state index contributed by atoms with van der Waals surface area (Å²) in [7, 11) is -3.61. The molecule has 1 aliphatic rings. The third-order valence-electron chi connectivity index (χ3n) is 4.22. The van der Waals surface area contributed by atoms with Gasteiger partial charge in [-0.25, -0.2) is 12.8 Å². The van der Waals surface area contributed by atoms with Crippen LogP contribution in [0.4, 0.5) is 4.39 Å². The minimum atomic E-state index is -3.61. The number of hydrogen-bond donors (Lipinski definition) is 1. The Morgan fingerprint density at radius 1 is 1.25 bits per heavy atom. The Kier molecular flexibility index (Phi) is 6.54. The first kappa shape index (κ1) is 18.6. The lowest BCUT2D eigenvalue weighted by Crippen LogP contribution is -2.34. The van der Waals surface area contributed by atoms with Crippen molar-refractivity contribution in [2.45, 2.75) is 43.9 Å². The first-order valence-electron chi connectivity index (χ1n) is 8.32. The molecule has 24 heavy (non-hydrogen) atoms. The van der Waals surface area contributed by atoms with Crippen molar-refractivity contribution < 1.29 is 17.6 Å². The second-order valence-electron chi connectivity index (χ2n) is 6.29. The molecule has 0 saturated heterocycles. The van der Waals surface area contributed by atoms with Gasteiger partial charge in [-0.3, -0.25) is 4.79 Å². The van der Waals surface area contributed by atoms with Gasteiger partial charge in [-0.2, -0.15) is 0 Å². The predicted octanol–water partition coefficient (Wildman–Crippen LogP) is 3.24. The van der Waals surface area contributed by atoms with Crippen molar-refractivity contribution in [3.05, 3.63) is 41.7 Å². The Balaban J connectivity index is 1.84. The first-order valence-corrected chi connectivity index (χ1v) is 9.97. The lowest BCUT2D eigenvalue weighted by molar-refractivity contribution is -0.123. The summed E-state index contributed by atoms with van der Waals surface area (Å²) in [6, 6.07) is 4.67. The van der Waals surface area contributed by atoms with E-state index < -0.39 is 21.6 Å². The Bertz CT molecular complexity index is 695. The SMILES string of the molecule is CC(CS(=O)(=O)c1ccc(F)cc1)C(=O)NCCC1=CCCCC1. The van der Waals surface area contributed by atoms with E-state index in [4.69, 9.17) is 0 Å². The van der Waals surface area contributed by atoms with Gasteiger partial charge in [0.05, 0.1) is 10.6 Å². The summed E-state index contributed by atoms with van der Waals surface area (Å²) >= 11 is 0. The summed E-state index contributed by atoms with van der Waals surface area (Å²) in [6.45, 7) is 2.13. The van der Waals surface area contributed by atoms with Crippen molar-refractivity contribution in [2.75, 3.05) is 12.3 Å². The Morgan fingerprint density at radius 3 is 2.58 bits per heavy atom. The van der Waals surface area contributed by atoms with Crippen LogP contribution in [0.3, 0.4) is 0 Å². The van der Waals surface area contributed by atoms with Gasteiger partial charge in [0.15, 0.2) is 9.84 Å². The molecule has 1 unspecified atom stereocenters. The van der Waals surface area contributed by atoms with Crippen LogP contribution in [-0.4, -0.2) is 26.6 Å². The first-order chi connectivity index (χ1) is 11.4. The Morgan fingerprint density at radius 2 is 1.96 bits per heavy atom. The van der Waals surface area contributed by atoms with Gasteiger partial charge < -0.3 is 5.32 Å². The molecule has 1 N–H and O–H groups in total. The van der Waals surface area contributed by atoms with Crippen molar-refractivity contribution in [3.63, 3.8) is 0 Å². The third-order valence-corrected chi connectivity index (χ3v) is 6.15. The van der Waals surface area contributed by atoms with Crippen LogP contribution in [0.5, 0.6) is 0 Å². The maximum absolute atomic E-state index is 12.9. The van der Waals surface area contributed by atoms with Gasteiger partial charge >= 0.3 is 0 Å². The molecule has 0 saturated carbocycles. The summed E-state index contributed by atoms with van der Waals surface area (Å²) in [4.78, 5) is 12.1. The van der Waals surface area contributed by atoms with E-state index in [9.17, 15) is 17.6 Å². The summed E-state index contributed by atoms with van der Waals surface area (Å²) in [5, 5.41) is 2.81. The van der Waals surface area contributed by atoms with Gasteiger partial charge in [0, 0.05) is 12.5 Å². The van der Waals surface area contributed by atoms with Crippen LogP contribution >= 0.6 is 0 Å². The highest BCUT2D eigenvalue weighted by Crippen LogP contribution is 2.19. The molecular weight excluding hydrogens is 329 g/mol. The molecule has 1 atom stereocenters. The third kappa shape index (κ3) is 5.44. The molecule has 132 valence electrons. The minimum Gasteiger partial charge on any atom is -0.356 e. The molecule has 2 rings (SSSR count). The molecule has 0 aliphatic heterocycles. The predicted molar refractivity (Wildman–Crippen MR) is 91.8 cm³/mol. The van der Waals surface area contributed by atoms with Crippen LogP contribution in [0.25, 0.3) is 0 Å². The van der Waals surface area contributed by atoms with Gasteiger partial charge in [-0.05, 0) is 56.4 Å². The monoisotopic (exact) mass is 353 g/mol. The fourth-order valence-electron chi connectivity index (χ4n) is 2.80. The molecular formula is C18H24FNO3S. The number of nitrogens with one attached hydrogen (secondary N) is 1. The Labute approximate surface area is 143 Å². The van der Waals surface area contributed by atoms with E-state index in [1.54, 1.807) is 6.92 Å². The smallest absolute Gasteiger partial charge is 0.223 e. The summed E-state index contributed by atoms with van der Waals surface area (Å²) in [6.07, 6.45) is 7.68. The van der Waals surface area contributed by atoms with Crippen LogP contribution in [-0.2, 0) is 14.6 Å². The molecule has 1 amide bonds. The fourth-order valence-corrected chi connectivity index (χ4v) is 4.35. The minimum absolute atomic E-state index is 0.0379. The second-order valence-corrected chi connectivity index (χ2v) is 8.32. The van der Waals surface area contributed by atoms with Crippen LogP contribution in [0.2, 0.25) is 0 Å². The zero-order chi connectivity index (χ0) is 17.6. The normalized spacial score (nSPS) is 16.3. The summed E-state index contributed by atoms with van der Waals surface area (Å²) in [5.41, 5.74) is 1.37. The standard InChI is InChI=1S/C18H24FNO3S/c1-14(13-24(22,23)17-9-7-16(19)8-10-17)18(21)20-12-11-15-5-3-2-4-6-15/h5,7-10,14H,2-4,6,11-13H2,1H3,(H,20,21).